The second-order valence-electron chi connectivity index (χ2n) is 6.77. The normalized spacial score (nSPS) is 11.6. The molecule has 2 aromatic carbocycles. The van der Waals surface area contributed by atoms with Crippen molar-refractivity contribution in [2.75, 3.05) is 0 Å². The first-order valence-corrected chi connectivity index (χ1v) is 9.21. The van der Waals surface area contributed by atoms with E-state index in [0.717, 1.165) is 15.6 Å². The van der Waals surface area contributed by atoms with Crippen molar-refractivity contribution in [2.24, 2.45) is 0 Å². The topological polar surface area (TPSA) is 64.6 Å². The summed E-state index contributed by atoms with van der Waals surface area (Å²) in [5, 5.41) is 2.49. The molecule has 0 atom stereocenters. The molecule has 1 amide bonds. The third kappa shape index (κ3) is 7.27. The Labute approximate surface area is 167 Å². The van der Waals surface area contributed by atoms with Crippen LogP contribution in [0.1, 0.15) is 31.9 Å². The molecule has 0 bridgehead atoms. The highest BCUT2D eigenvalue weighted by Gasteiger charge is 2.21. The van der Waals surface area contributed by atoms with Gasteiger partial charge in [-0.05, 0) is 44.0 Å². The Morgan fingerprint density at radius 1 is 1.04 bits per heavy atom. The molecule has 0 saturated carbocycles. The van der Waals surface area contributed by atoms with Gasteiger partial charge in [0, 0.05) is 4.47 Å². The van der Waals surface area contributed by atoms with Gasteiger partial charge in [-0.2, -0.15) is 0 Å². The van der Waals surface area contributed by atoms with E-state index in [1.165, 1.54) is 0 Å². The number of hydrogen-bond acceptors (Lipinski definition) is 4. The summed E-state index contributed by atoms with van der Waals surface area (Å²) in [7, 11) is 0. The van der Waals surface area contributed by atoms with Crippen LogP contribution in [0.15, 0.2) is 64.8 Å². The summed E-state index contributed by atoms with van der Waals surface area (Å²) < 4.78 is 11.4. The number of rotatable bonds is 5. The number of nitrogens with one attached hydrogen (secondary N) is 1. The van der Waals surface area contributed by atoms with E-state index in [1.807, 2.05) is 54.6 Å². The molecule has 6 heteroatoms. The molecule has 27 heavy (non-hydrogen) atoms. The molecule has 5 nitrogen and oxygen atoms in total. The summed E-state index contributed by atoms with van der Waals surface area (Å²) in [6, 6.07) is 16.6. The lowest BCUT2D eigenvalue weighted by Gasteiger charge is -2.20. The van der Waals surface area contributed by atoms with E-state index in [-0.39, 0.29) is 12.3 Å². The average molecular weight is 432 g/mol. The van der Waals surface area contributed by atoms with Crippen LogP contribution in [0.25, 0.3) is 6.08 Å². The van der Waals surface area contributed by atoms with Gasteiger partial charge in [-0.25, -0.2) is 9.59 Å². The SMILES string of the molecule is CC(C)(C)OC(=O)N/C(=C\c1ccccc1Br)C(=O)OCc1ccccc1. The molecule has 0 aliphatic carbocycles. The molecule has 1 N–H and O–H groups in total. The van der Waals surface area contributed by atoms with Crippen LogP contribution in [0.2, 0.25) is 0 Å². The van der Waals surface area contributed by atoms with Crippen LogP contribution in [-0.4, -0.2) is 17.7 Å². The predicted molar refractivity (Wildman–Crippen MR) is 108 cm³/mol. The highest BCUT2D eigenvalue weighted by molar-refractivity contribution is 9.10. The summed E-state index contributed by atoms with van der Waals surface area (Å²) >= 11 is 3.42. The van der Waals surface area contributed by atoms with Gasteiger partial charge in [0.25, 0.3) is 0 Å². The number of hydrogen-bond donors (Lipinski definition) is 1. The Hall–Kier alpha value is -2.60. The van der Waals surface area contributed by atoms with Crippen LogP contribution in [0.3, 0.4) is 0 Å². The number of benzene rings is 2. The number of carbonyl (C=O) groups excluding carboxylic acids is 2. The zero-order chi connectivity index (χ0) is 19.9. The highest BCUT2D eigenvalue weighted by Crippen LogP contribution is 2.19. The zero-order valence-corrected chi connectivity index (χ0v) is 17.1. The third-order valence-electron chi connectivity index (χ3n) is 3.27. The minimum Gasteiger partial charge on any atom is -0.456 e. The second kappa shape index (κ2) is 9.37. The standard InChI is InChI=1S/C21H22BrNO4/c1-21(2,3)27-20(25)23-18(13-16-11-7-8-12-17(16)22)19(24)26-14-15-9-5-4-6-10-15/h4-13H,14H2,1-3H3,(H,23,25)/b18-13-. The first-order valence-electron chi connectivity index (χ1n) is 8.42. The van der Waals surface area contributed by atoms with Crippen molar-refractivity contribution in [2.45, 2.75) is 33.0 Å². The van der Waals surface area contributed by atoms with Gasteiger partial charge in [0.05, 0.1) is 0 Å². The van der Waals surface area contributed by atoms with Gasteiger partial charge in [0.2, 0.25) is 0 Å². The molecule has 0 fully saturated rings. The van der Waals surface area contributed by atoms with Gasteiger partial charge < -0.3 is 9.47 Å². The summed E-state index contributed by atoms with van der Waals surface area (Å²) in [5.74, 6) is -0.652. The van der Waals surface area contributed by atoms with Crippen LogP contribution < -0.4 is 5.32 Å². The van der Waals surface area contributed by atoms with Crippen molar-refractivity contribution in [3.63, 3.8) is 0 Å². The van der Waals surface area contributed by atoms with Gasteiger partial charge in [0.15, 0.2) is 0 Å². The Bertz CT molecular complexity index is 826. The molecule has 0 aliphatic rings. The number of ether oxygens (including phenoxy) is 2. The number of alkyl carbamates (subject to hydrolysis) is 1. The Morgan fingerprint density at radius 3 is 2.30 bits per heavy atom. The van der Waals surface area contributed by atoms with Gasteiger partial charge >= 0.3 is 12.1 Å². The molecular weight excluding hydrogens is 410 g/mol. The van der Waals surface area contributed by atoms with Crippen molar-refractivity contribution in [3.8, 4) is 0 Å². The fourth-order valence-corrected chi connectivity index (χ4v) is 2.51. The van der Waals surface area contributed by atoms with Crippen LogP contribution in [-0.2, 0) is 20.9 Å². The molecule has 142 valence electrons. The Balaban J connectivity index is 2.19. The maximum atomic E-state index is 12.6. The van der Waals surface area contributed by atoms with E-state index in [0.29, 0.717) is 0 Å². The number of carbonyl (C=O) groups is 2. The molecule has 0 radical (unpaired) electrons. The van der Waals surface area contributed by atoms with Crippen molar-refractivity contribution in [1.82, 2.24) is 5.32 Å². The summed E-state index contributed by atoms with van der Waals surface area (Å²) in [5.41, 5.74) is 0.881. The smallest absolute Gasteiger partial charge is 0.412 e. The first-order chi connectivity index (χ1) is 12.7. The lowest BCUT2D eigenvalue weighted by atomic mass is 10.2. The monoisotopic (exact) mass is 431 g/mol. The highest BCUT2D eigenvalue weighted by atomic mass is 79.9. The maximum absolute atomic E-state index is 12.6. The van der Waals surface area contributed by atoms with E-state index in [9.17, 15) is 9.59 Å². The van der Waals surface area contributed by atoms with Crippen molar-refractivity contribution in [1.29, 1.82) is 0 Å². The van der Waals surface area contributed by atoms with E-state index in [4.69, 9.17) is 9.47 Å². The van der Waals surface area contributed by atoms with Crippen LogP contribution in [0.4, 0.5) is 4.79 Å². The van der Waals surface area contributed by atoms with Crippen molar-refractivity contribution in [3.05, 3.63) is 75.9 Å². The largest absolute Gasteiger partial charge is 0.456 e. The Kier molecular flexibility index (Phi) is 7.19. The Morgan fingerprint density at radius 2 is 1.67 bits per heavy atom. The summed E-state index contributed by atoms with van der Waals surface area (Å²) in [6.07, 6.45) is 0.818. The molecule has 2 aromatic rings. The molecule has 0 unspecified atom stereocenters. The van der Waals surface area contributed by atoms with E-state index >= 15 is 0 Å². The lowest BCUT2D eigenvalue weighted by Crippen LogP contribution is -2.34. The fourth-order valence-electron chi connectivity index (χ4n) is 2.11. The fraction of sp³-hybridized carbons (Fsp3) is 0.238. The average Bonchev–Trinajstić information content (AvgIpc) is 2.60. The van der Waals surface area contributed by atoms with E-state index in [1.54, 1.807) is 26.8 Å². The summed E-state index contributed by atoms with van der Waals surface area (Å²) in [4.78, 5) is 24.7. The van der Waals surface area contributed by atoms with Crippen molar-refractivity contribution >= 4 is 34.1 Å². The van der Waals surface area contributed by atoms with Gasteiger partial charge in [-0.15, -0.1) is 0 Å². The maximum Gasteiger partial charge on any atom is 0.412 e. The number of halogens is 1. The molecule has 0 heterocycles. The molecule has 2 rings (SSSR count). The third-order valence-corrected chi connectivity index (χ3v) is 4.00. The predicted octanol–water partition coefficient (Wildman–Crippen LogP) is 5.06. The number of amides is 1. The zero-order valence-electron chi connectivity index (χ0n) is 15.5. The van der Waals surface area contributed by atoms with E-state index in [2.05, 4.69) is 21.2 Å². The minimum atomic E-state index is -0.725. The molecular formula is C21H22BrNO4. The van der Waals surface area contributed by atoms with Crippen LogP contribution in [0.5, 0.6) is 0 Å². The molecule has 0 spiro atoms. The number of esters is 1. The minimum absolute atomic E-state index is 0.00733. The molecule has 0 saturated heterocycles. The van der Waals surface area contributed by atoms with Crippen LogP contribution >= 0.6 is 15.9 Å². The molecule has 0 aliphatic heterocycles. The first kappa shape index (κ1) is 20.7. The van der Waals surface area contributed by atoms with Crippen LogP contribution in [0, 0.1) is 0 Å². The molecule has 0 aromatic heterocycles. The summed E-state index contributed by atoms with van der Waals surface area (Å²) in [6.45, 7) is 5.34. The second-order valence-corrected chi connectivity index (χ2v) is 7.62. The quantitative estimate of drug-likeness (QED) is 0.530. The lowest BCUT2D eigenvalue weighted by molar-refractivity contribution is -0.140. The van der Waals surface area contributed by atoms with Gasteiger partial charge in [-0.3, -0.25) is 5.32 Å². The van der Waals surface area contributed by atoms with Gasteiger partial charge in [-0.1, -0.05) is 64.5 Å². The van der Waals surface area contributed by atoms with Crippen molar-refractivity contribution < 1.29 is 19.1 Å². The van der Waals surface area contributed by atoms with Gasteiger partial charge in [0.1, 0.15) is 17.9 Å². The van der Waals surface area contributed by atoms with E-state index < -0.39 is 17.7 Å².